The van der Waals surface area contributed by atoms with Crippen molar-refractivity contribution in [1.82, 2.24) is 14.5 Å². The van der Waals surface area contributed by atoms with E-state index in [4.69, 9.17) is 11.6 Å². The summed E-state index contributed by atoms with van der Waals surface area (Å²) in [7, 11) is 0. The fourth-order valence-corrected chi connectivity index (χ4v) is 2.75. The molecule has 0 fully saturated rings. The van der Waals surface area contributed by atoms with E-state index in [-0.39, 0.29) is 10.6 Å². The van der Waals surface area contributed by atoms with E-state index in [1.54, 1.807) is 22.9 Å². The molecule has 0 atom stereocenters. The number of aromatic nitrogens is 3. The number of anilines is 2. The van der Waals surface area contributed by atoms with Gasteiger partial charge in [0.1, 0.15) is 11.5 Å². The smallest absolute Gasteiger partial charge is 0.252 e. The van der Waals surface area contributed by atoms with Crippen molar-refractivity contribution in [2.75, 3.05) is 5.32 Å². The van der Waals surface area contributed by atoms with Gasteiger partial charge in [0.05, 0.1) is 5.02 Å². The predicted molar refractivity (Wildman–Crippen MR) is 98.0 cm³/mol. The van der Waals surface area contributed by atoms with E-state index in [1.807, 2.05) is 0 Å². The van der Waals surface area contributed by atoms with E-state index in [9.17, 15) is 9.18 Å². The average Bonchev–Trinajstić information content (AvgIpc) is 2.60. The van der Waals surface area contributed by atoms with Crippen molar-refractivity contribution in [1.29, 1.82) is 0 Å². The number of fused-ring (bicyclic) bond motifs is 1. The first-order valence-electron chi connectivity index (χ1n) is 8.17. The molecule has 0 amide bonds. The second kappa shape index (κ2) is 7.61. The first-order chi connectivity index (χ1) is 12.1. The molecule has 0 saturated carbocycles. The summed E-state index contributed by atoms with van der Waals surface area (Å²) >= 11 is 5.79. The molecule has 0 aliphatic rings. The molecule has 0 unspecified atom stereocenters. The Labute approximate surface area is 149 Å². The van der Waals surface area contributed by atoms with E-state index in [0.29, 0.717) is 23.8 Å². The highest BCUT2D eigenvalue weighted by Gasteiger charge is 2.08. The lowest BCUT2D eigenvalue weighted by atomic mass is 10.2. The van der Waals surface area contributed by atoms with Crippen LogP contribution >= 0.6 is 11.6 Å². The molecule has 0 bridgehead atoms. The van der Waals surface area contributed by atoms with Gasteiger partial charge >= 0.3 is 0 Å². The summed E-state index contributed by atoms with van der Waals surface area (Å²) in [5.74, 6) is -0.165. The summed E-state index contributed by atoms with van der Waals surface area (Å²) in [4.78, 5) is 20.9. The van der Waals surface area contributed by atoms with Crippen LogP contribution in [-0.2, 0) is 6.54 Å². The van der Waals surface area contributed by atoms with Crippen molar-refractivity contribution in [3.05, 3.63) is 57.7 Å². The third kappa shape index (κ3) is 3.96. The molecule has 2 aromatic heterocycles. The van der Waals surface area contributed by atoms with Gasteiger partial charge in [0.15, 0.2) is 0 Å². The van der Waals surface area contributed by atoms with Crippen LogP contribution in [-0.4, -0.2) is 14.5 Å². The molecule has 2 heterocycles. The number of hydrogen-bond acceptors (Lipinski definition) is 4. The zero-order valence-electron chi connectivity index (χ0n) is 13.8. The monoisotopic (exact) mass is 360 g/mol. The van der Waals surface area contributed by atoms with Crippen LogP contribution in [0.5, 0.6) is 0 Å². The van der Waals surface area contributed by atoms with Gasteiger partial charge in [-0.3, -0.25) is 9.36 Å². The normalized spacial score (nSPS) is 11.0. The molecule has 0 radical (unpaired) electrons. The van der Waals surface area contributed by atoms with Crippen molar-refractivity contribution in [3.63, 3.8) is 0 Å². The molecule has 0 aliphatic carbocycles. The SMILES string of the molecule is CCCCCn1c(=O)ccc2cnc(Nc3ccc(F)c(Cl)c3)nc21. The Morgan fingerprint density at radius 2 is 2.08 bits per heavy atom. The number of nitrogens with one attached hydrogen (secondary N) is 1. The molecule has 1 N–H and O–H groups in total. The molecule has 0 aliphatic heterocycles. The molecule has 5 nitrogen and oxygen atoms in total. The van der Waals surface area contributed by atoms with E-state index >= 15 is 0 Å². The van der Waals surface area contributed by atoms with Crippen LogP contribution in [0.4, 0.5) is 16.0 Å². The minimum atomic E-state index is -0.489. The molecular weight excluding hydrogens is 343 g/mol. The van der Waals surface area contributed by atoms with E-state index in [2.05, 4.69) is 22.2 Å². The van der Waals surface area contributed by atoms with Gasteiger partial charge in [-0.25, -0.2) is 9.37 Å². The number of pyridine rings is 1. The van der Waals surface area contributed by atoms with Gasteiger partial charge in [-0.05, 0) is 30.7 Å². The maximum atomic E-state index is 13.3. The van der Waals surface area contributed by atoms with Crippen LogP contribution in [0.25, 0.3) is 11.0 Å². The Morgan fingerprint density at radius 3 is 2.84 bits per heavy atom. The number of halogens is 2. The van der Waals surface area contributed by atoms with Crippen LogP contribution in [0.1, 0.15) is 26.2 Å². The van der Waals surface area contributed by atoms with Crippen molar-refractivity contribution in [2.24, 2.45) is 0 Å². The maximum absolute atomic E-state index is 13.3. The molecule has 3 rings (SSSR count). The van der Waals surface area contributed by atoms with E-state index in [1.165, 1.54) is 18.2 Å². The highest BCUT2D eigenvalue weighted by molar-refractivity contribution is 6.31. The molecule has 130 valence electrons. The predicted octanol–water partition coefficient (Wildman–Crippen LogP) is 4.52. The molecule has 3 aromatic rings. The Balaban J connectivity index is 1.95. The third-order valence-electron chi connectivity index (χ3n) is 3.88. The number of aryl methyl sites for hydroxylation is 1. The number of unbranched alkanes of at least 4 members (excludes halogenated alkanes) is 2. The Kier molecular flexibility index (Phi) is 5.28. The van der Waals surface area contributed by atoms with Gasteiger partial charge in [-0.1, -0.05) is 31.4 Å². The quantitative estimate of drug-likeness (QED) is 0.657. The van der Waals surface area contributed by atoms with Gasteiger partial charge in [0.25, 0.3) is 5.56 Å². The van der Waals surface area contributed by atoms with Crippen molar-refractivity contribution in [3.8, 4) is 0 Å². The van der Waals surface area contributed by atoms with Gasteiger partial charge in [-0.15, -0.1) is 0 Å². The fourth-order valence-electron chi connectivity index (χ4n) is 2.57. The molecule has 25 heavy (non-hydrogen) atoms. The van der Waals surface area contributed by atoms with E-state index < -0.39 is 5.82 Å². The summed E-state index contributed by atoms with van der Waals surface area (Å²) in [6.07, 6.45) is 4.70. The summed E-state index contributed by atoms with van der Waals surface area (Å²) < 4.78 is 14.9. The zero-order chi connectivity index (χ0) is 17.8. The Morgan fingerprint density at radius 1 is 1.24 bits per heavy atom. The van der Waals surface area contributed by atoms with Gasteiger partial charge in [0, 0.05) is 29.9 Å². The van der Waals surface area contributed by atoms with Crippen molar-refractivity contribution < 1.29 is 4.39 Å². The minimum Gasteiger partial charge on any atom is -0.324 e. The lowest BCUT2D eigenvalue weighted by Crippen LogP contribution is -2.20. The molecule has 1 aromatic carbocycles. The zero-order valence-corrected chi connectivity index (χ0v) is 14.6. The molecule has 0 spiro atoms. The molecule has 0 saturated heterocycles. The lowest BCUT2D eigenvalue weighted by Gasteiger charge is -2.11. The summed E-state index contributed by atoms with van der Waals surface area (Å²) in [5, 5.41) is 3.80. The highest BCUT2D eigenvalue weighted by atomic mass is 35.5. The Bertz CT molecular complexity index is 957. The fraction of sp³-hybridized carbons (Fsp3) is 0.278. The highest BCUT2D eigenvalue weighted by Crippen LogP contribution is 2.22. The first kappa shape index (κ1) is 17.4. The van der Waals surface area contributed by atoms with E-state index in [0.717, 1.165) is 24.6 Å². The van der Waals surface area contributed by atoms with Crippen LogP contribution in [0.15, 0.2) is 41.3 Å². The van der Waals surface area contributed by atoms with Crippen molar-refractivity contribution >= 4 is 34.3 Å². The largest absolute Gasteiger partial charge is 0.324 e. The summed E-state index contributed by atoms with van der Waals surface area (Å²) in [5.41, 5.74) is 1.06. The second-order valence-electron chi connectivity index (χ2n) is 5.76. The maximum Gasteiger partial charge on any atom is 0.252 e. The second-order valence-corrected chi connectivity index (χ2v) is 6.16. The van der Waals surface area contributed by atoms with Crippen LogP contribution in [0.3, 0.4) is 0 Å². The van der Waals surface area contributed by atoms with Gasteiger partial charge < -0.3 is 5.32 Å². The topological polar surface area (TPSA) is 59.8 Å². The van der Waals surface area contributed by atoms with Crippen LogP contribution < -0.4 is 10.9 Å². The Hall–Kier alpha value is -2.47. The van der Waals surface area contributed by atoms with Crippen LogP contribution in [0.2, 0.25) is 5.02 Å². The summed E-state index contributed by atoms with van der Waals surface area (Å²) in [6, 6.07) is 7.53. The molecule has 7 heteroatoms. The first-order valence-corrected chi connectivity index (χ1v) is 8.55. The number of hydrogen-bond donors (Lipinski definition) is 1. The van der Waals surface area contributed by atoms with Gasteiger partial charge in [0.2, 0.25) is 5.95 Å². The van der Waals surface area contributed by atoms with Crippen molar-refractivity contribution in [2.45, 2.75) is 32.7 Å². The third-order valence-corrected chi connectivity index (χ3v) is 4.17. The standard InChI is InChI=1S/C18H18ClFN4O/c1-2-3-4-9-24-16(25)8-5-12-11-21-18(23-17(12)24)22-13-6-7-15(20)14(19)10-13/h5-8,10-11H,2-4,9H2,1H3,(H,21,22,23). The lowest BCUT2D eigenvalue weighted by molar-refractivity contribution is 0.599. The minimum absolute atomic E-state index is 0.0160. The van der Waals surface area contributed by atoms with Crippen LogP contribution in [0, 0.1) is 5.82 Å². The summed E-state index contributed by atoms with van der Waals surface area (Å²) in [6.45, 7) is 2.73. The van der Waals surface area contributed by atoms with Gasteiger partial charge in [-0.2, -0.15) is 4.98 Å². The average molecular weight is 361 g/mol. The number of benzene rings is 1. The molecular formula is C18H18ClFN4O. The number of nitrogens with zero attached hydrogens (tertiary/aromatic N) is 3. The number of rotatable bonds is 6.